The maximum Gasteiger partial charge on any atom is 0.0946 e. The van der Waals surface area contributed by atoms with Crippen LogP contribution in [0.3, 0.4) is 0 Å². The summed E-state index contributed by atoms with van der Waals surface area (Å²) in [7, 11) is 0. The molecule has 3 nitrogen and oxygen atoms in total. The van der Waals surface area contributed by atoms with Gasteiger partial charge in [-0.05, 0) is 0 Å². The highest BCUT2D eigenvalue weighted by Crippen LogP contribution is 1.86. The second-order valence-electron chi connectivity index (χ2n) is 2.14. The van der Waals surface area contributed by atoms with Gasteiger partial charge in [0.25, 0.3) is 0 Å². The van der Waals surface area contributed by atoms with Crippen molar-refractivity contribution < 1.29 is 4.74 Å². The summed E-state index contributed by atoms with van der Waals surface area (Å²) < 4.78 is 7.22. The molecule has 11 heavy (non-hydrogen) atoms. The molecular weight excluding hydrogens is 160 g/mol. The molecule has 0 aliphatic heterocycles. The number of thiol groups is 1. The number of hydrogen-bond acceptors (Lipinski definition) is 3. The van der Waals surface area contributed by atoms with E-state index in [9.17, 15) is 0 Å². The molecule has 4 heteroatoms. The Hall–Kier alpha value is -0.480. The van der Waals surface area contributed by atoms with E-state index in [1.165, 1.54) is 0 Å². The summed E-state index contributed by atoms with van der Waals surface area (Å²) in [5.74, 6) is 0.782. The van der Waals surface area contributed by atoms with Gasteiger partial charge in [0.1, 0.15) is 0 Å². The summed E-state index contributed by atoms with van der Waals surface area (Å²) in [5.41, 5.74) is 0. The summed E-state index contributed by atoms with van der Waals surface area (Å²) in [5, 5.41) is 0. The molecule has 0 amide bonds. The fourth-order valence-corrected chi connectivity index (χ4v) is 0.885. The molecule has 0 radical (unpaired) electrons. The van der Waals surface area contributed by atoms with Crippen LogP contribution < -0.4 is 0 Å². The van der Waals surface area contributed by atoms with Crippen LogP contribution in [0.5, 0.6) is 0 Å². The van der Waals surface area contributed by atoms with Crippen molar-refractivity contribution in [3.63, 3.8) is 0 Å². The molecule has 1 heterocycles. The zero-order valence-electron chi connectivity index (χ0n) is 6.31. The van der Waals surface area contributed by atoms with Crippen LogP contribution in [-0.2, 0) is 11.3 Å². The number of hydrogen-bond donors (Lipinski definition) is 1. The number of imidazole rings is 1. The molecule has 1 aromatic heterocycles. The maximum absolute atomic E-state index is 5.23. The zero-order valence-corrected chi connectivity index (χ0v) is 7.20. The molecule has 0 aliphatic rings. The van der Waals surface area contributed by atoms with Gasteiger partial charge >= 0.3 is 0 Å². The first-order valence-corrected chi connectivity index (χ1v) is 4.21. The first-order chi connectivity index (χ1) is 5.43. The number of nitrogens with zero attached hydrogens (tertiary/aromatic N) is 2. The van der Waals surface area contributed by atoms with Gasteiger partial charge in [0.2, 0.25) is 0 Å². The molecule has 0 aliphatic carbocycles. The molecule has 0 spiro atoms. The normalized spacial score (nSPS) is 10.3. The molecule has 0 saturated heterocycles. The minimum atomic E-state index is 0.720. The summed E-state index contributed by atoms with van der Waals surface area (Å²) >= 11 is 4.02. The van der Waals surface area contributed by atoms with Crippen LogP contribution in [0.4, 0.5) is 0 Å². The Bertz CT molecular complexity index is 177. The second-order valence-corrected chi connectivity index (χ2v) is 2.58. The molecular formula is C7H12N2OS. The SMILES string of the molecule is SCCOCCn1ccnc1. The Labute approximate surface area is 71.8 Å². The highest BCUT2D eigenvalue weighted by molar-refractivity contribution is 7.80. The van der Waals surface area contributed by atoms with E-state index in [1.807, 2.05) is 10.8 Å². The number of aromatic nitrogens is 2. The Morgan fingerprint density at radius 1 is 1.45 bits per heavy atom. The van der Waals surface area contributed by atoms with Crippen LogP contribution in [0, 0.1) is 0 Å². The lowest BCUT2D eigenvalue weighted by Crippen LogP contribution is -2.05. The first-order valence-electron chi connectivity index (χ1n) is 3.58. The van der Waals surface area contributed by atoms with Gasteiger partial charge in [-0.1, -0.05) is 0 Å². The molecule has 0 aromatic carbocycles. The lowest BCUT2D eigenvalue weighted by atomic mass is 10.6. The summed E-state index contributed by atoms with van der Waals surface area (Å²) in [4.78, 5) is 3.91. The van der Waals surface area contributed by atoms with Crippen LogP contribution in [0.15, 0.2) is 18.7 Å². The lowest BCUT2D eigenvalue weighted by Gasteiger charge is -2.01. The number of ether oxygens (including phenoxy) is 1. The van der Waals surface area contributed by atoms with Gasteiger partial charge in [0.15, 0.2) is 0 Å². The molecule has 0 atom stereocenters. The highest BCUT2D eigenvalue weighted by atomic mass is 32.1. The van der Waals surface area contributed by atoms with Gasteiger partial charge in [0.05, 0.1) is 19.5 Å². The largest absolute Gasteiger partial charge is 0.379 e. The van der Waals surface area contributed by atoms with E-state index in [1.54, 1.807) is 12.5 Å². The lowest BCUT2D eigenvalue weighted by molar-refractivity contribution is 0.141. The Morgan fingerprint density at radius 2 is 2.36 bits per heavy atom. The van der Waals surface area contributed by atoms with Crippen LogP contribution >= 0.6 is 12.6 Å². The van der Waals surface area contributed by atoms with E-state index < -0.39 is 0 Å². The molecule has 1 rings (SSSR count). The Balaban J connectivity index is 2.04. The Kier molecular flexibility index (Phi) is 4.08. The van der Waals surface area contributed by atoms with Crippen molar-refractivity contribution in [2.45, 2.75) is 6.54 Å². The molecule has 1 aromatic rings. The van der Waals surface area contributed by atoms with Crippen molar-refractivity contribution >= 4 is 12.6 Å². The van der Waals surface area contributed by atoms with Gasteiger partial charge in [0, 0.05) is 24.7 Å². The number of rotatable bonds is 5. The first kappa shape index (κ1) is 8.62. The third-order valence-electron chi connectivity index (χ3n) is 1.29. The standard InChI is InChI=1S/C7H12N2OS/c11-6-5-10-4-3-9-2-1-8-7-9/h1-2,7,11H,3-6H2. The van der Waals surface area contributed by atoms with Crippen molar-refractivity contribution in [2.24, 2.45) is 0 Å². The van der Waals surface area contributed by atoms with Crippen LogP contribution in [0.25, 0.3) is 0 Å². The minimum Gasteiger partial charge on any atom is -0.379 e. The third-order valence-corrected chi connectivity index (χ3v) is 1.47. The predicted octanol–water partition coefficient (Wildman–Crippen LogP) is 0.829. The molecule has 0 fully saturated rings. The van der Waals surface area contributed by atoms with E-state index in [4.69, 9.17) is 4.74 Å². The van der Waals surface area contributed by atoms with Crippen molar-refractivity contribution in [1.82, 2.24) is 9.55 Å². The fraction of sp³-hybridized carbons (Fsp3) is 0.571. The van der Waals surface area contributed by atoms with E-state index in [-0.39, 0.29) is 0 Å². The van der Waals surface area contributed by atoms with E-state index in [0.29, 0.717) is 0 Å². The van der Waals surface area contributed by atoms with Crippen molar-refractivity contribution in [3.8, 4) is 0 Å². The van der Waals surface area contributed by atoms with Crippen molar-refractivity contribution in [1.29, 1.82) is 0 Å². The quantitative estimate of drug-likeness (QED) is 0.526. The molecule has 0 saturated carbocycles. The third kappa shape index (κ3) is 3.43. The van der Waals surface area contributed by atoms with Crippen LogP contribution in [0.1, 0.15) is 0 Å². The highest BCUT2D eigenvalue weighted by Gasteiger charge is 1.88. The molecule has 0 N–H and O–H groups in total. The van der Waals surface area contributed by atoms with Gasteiger partial charge in [-0.3, -0.25) is 0 Å². The Morgan fingerprint density at radius 3 is 3.00 bits per heavy atom. The van der Waals surface area contributed by atoms with Gasteiger partial charge < -0.3 is 9.30 Å². The molecule has 0 unspecified atom stereocenters. The molecule has 0 bridgehead atoms. The maximum atomic E-state index is 5.23. The van der Waals surface area contributed by atoms with Crippen LogP contribution in [0.2, 0.25) is 0 Å². The van der Waals surface area contributed by atoms with Gasteiger partial charge in [-0.25, -0.2) is 4.98 Å². The van der Waals surface area contributed by atoms with Crippen LogP contribution in [-0.4, -0.2) is 28.5 Å². The predicted molar refractivity (Wildman–Crippen MR) is 46.9 cm³/mol. The summed E-state index contributed by atoms with van der Waals surface area (Å²) in [6, 6.07) is 0. The fourth-order valence-electron chi connectivity index (χ4n) is 0.756. The summed E-state index contributed by atoms with van der Waals surface area (Å²) in [6.45, 7) is 2.32. The molecule has 62 valence electrons. The van der Waals surface area contributed by atoms with E-state index >= 15 is 0 Å². The summed E-state index contributed by atoms with van der Waals surface area (Å²) in [6.07, 6.45) is 5.47. The average Bonchev–Trinajstić information content (AvgIpc) is 2.50. The topological polar surface area (TPSA) is 27.1 Å². The second kappa shape index (κ2) is 5.21. The zero-order chi connectivity index (χ0) is 7.94. The van der Waals surface area contributed by atoms with Crippen molar-refractivity contribution in [3.05, 3.63) is 18.7 Å². The van der Waals surface area contributed by atoms with Gasteiger partial charge in [-0.15, -0.1) is 0 Å². The minimum absolute atomic E-state index is 0.720. The van der Waals surface area contributed by atoms with Gasteiger partial charge in [-0.2, -0.15) is 12.6 Å². The van der Waals surface area contributed by atoms with E-state index in [0.717, 1.165) is 25.5 Å². The van der Waals surface area contributed by atoms with Crippen molar-refractivity contribution in [2.75, 3.05) is 19.0 Å². The average molecular weight is 172 g/mol. The van der Waals surface area contributed by atoms with E-state index in [2.05, 4.69) is 17.6 Å². The monoisotopic (exact) mass is 172 g/mol. The smallest absolute Gasteiger partial charge is 0.0946 e.